The molecular formula is C23H33ClFN3O2. The molecule has 3 atom stereocenters. The Bertz CT molecular complexity index is 776. The van der Waals surface area contributed by atoms with E-state index in [9.17, 15) is 9.18 Å². The summed E-state index contributed by atoms with van der Waals surface area (Å²) >= 11 is 6.60. The highest BCUT2D eigenvalue weighted by Gasteiger charge is 2.47. The maximum absolute atomic E-state index is 13.6. The first-order chi connectivity index (χ1) is 14.2. The van der Waals surface area contributed by atoms with Crippen LogP contribution in [-0.2, 0) is 11.3 Å². The monoisotopic (exact) mass is 437 g/mol. The van der Waals surface area contributed by atoms with Crippen molar-refractivity contribution in [2.24, 2.45) is 0 Å². The first kappa shape index (κ1) is 21.7. The van der Waals surface area contributed by atoms with Gasteiger partial charge in [-0.05, 0) is 64.5 Å². The van der Waals surface area contributed by atoms with Gasteiger partial charge in [0.15, 0.2) is 0 Å². The predicted octanol–water partition coefficient (Wildman–Crippen LogP) is 4.91. The predicted molar refractivity (Wildman–Crippen MR) is 118 cm³/mol. The van der Waals surface area contributed by atoms with Gasteiger partial charge in [-0.3, -0.25) is 4.90 Å². The zero-order valence-corrected chi connectivity index (χ0v) is 18.9. The molecule has 1 aromatic carbocycles. The Morgan fingerprint density at radius 1 is 1.23 bits per heavy atom. The van der Waals surface area contributed by atoms with Crippen molar-refractivity contribution in [2.75, 3.05) is 18.0 Å². The van der Waals surface area contributed by atoms with Crippen molar-refractivity contribution in [2.45, 2.75) is 89.3 Å². The fourth-order valence-corrected chi connectivity index (χ4v) is 5.59. The van der Waals surface area contributed by atoms with Crippen molar-refractivity contribution in [1.29, 1.82) is 0 Å². The number of alkyl carbamates (subject to hydrolysis) is 1. The fourth-order valence-electron chi connectivity index (χ4n) is 5.27. The third-order valence-corrected chi connectivity index (χ3v) is 6.85. The standard InChI is InChI=1S/C23H33ClFN3O2/c1-23(2,3)30-22(29)26-19-13-17-7-8-20(19)28(17)14-15-5-4-6-18(24)21(15)27-11-9-16(25)10-12-27/h4-6,16-17,19-20H,7-14H2,1-3H3,(H,26,29)/t17-,19+,20+/m1/s1. The molecule has 5 nitrogen and oxygen atoms in total. The highest BCUT2D eigenvalue weighted by Crippen LogP contribution is 2.41. The lowest BCUT2D eigenvalue weighted by Crippen LogP contribution is -2.45. The molecule has 2 bridgehead atoms. The molecule has 3 aliphatic rings. The molecule has 1 N–H and O–H groups in total. The molecule has 0 spiro atoms. The number of alkyl halides is 1. The van der Waals surface area contributed by atoms with Gasteiger partial charge in [0.05, 0.1) is 10.7 Å². The minimum atomic E-state index is -0.707. The van der Waals surface area contributed by atoms with E-state index in [2.05, 4.69) is 21.2 Å². The molecular weight excluding hydrogens is 405 g/mol. The lowest BCUT2D eigenvalue weighted by Gasteiger charge is -2.34. The molecule has 0 unspecified atom stereocenters. The molecule has 0 radical (unpaired) electrons. The zero-order valence-electron chi connectivity index (χ0n) is 18.2. The third-order valence-electron chi connectivity index (χ3n) is 6.55. The van der Waals surface area contributed by atoms with Crippen LogP contribution in [0.5, 0.6) is 0 Å². The van der Waals surface area contributed by atoms with Crippen LogP contribution in [0.15, 0.2) is 18.2 Å². The van der Waals surface area contributed by atoms with Gasteiger partial charge in [-0.2, -0.15) is 0 Å². The van der Waals surface area contributed by atoms with Crippen molar-refractivity contribution in [1.82, 2.24) is 10.2 Å². The van der Waals surface area contributed by atoms with Crippen LogP contribution in [0.25, 0.3) is 0 Å². The Labute approximate surface area is 183 Å². The second-order valence-electron chi connectivity index (χ2n) is 9.87. The van der Waals surface area contributed by atoms with Crippen LogP contribution in [-0.4, -0.2) is 54.0 Å². The van der Waals surface area contributed by atoms with Crippen LogP contribution in [0, 0.1) is 0 Å². The number of anilines is 1. The van der Waals surface area contributed by atoms with Gasteiger partial charge in [-0.15, -0.1) is 0 Å². The fraction of sp³-hybridized carbons (Fsp3) is 0.696. The van der Waals surface area contributed by atoms with Crippen molar-refractivity contribution < 1.29 is 13.9 Å². The third kappa shape index (κ3) is 4.70. The summed E-state index contributed by atoms with van der Waals surface area (Å²) in [6, 6.07) is 6.94. The summed E-state index contributed by atoms with van der Waals surface area (Å²) in [7, 11) is 0. The number of rotatable bonds is 4. The maximum atomic E-state index is 13.6. The van der Waals surface area contributed by atoms with E-state index >= 15 is 0 Å². The number of nitrogens with zero attached hydrogens (tertiary/aromatic N) is 2. The lowest BCUT2D eigenvalue weighted by atomic mass is 9.96. The Morgan fingerprint density at radius 3 is 2.67 bits per heavy atom. The van der Waals surface area contributed by atoms with E-state index < -0.39 is 11.8 Å². The number of piperidine rings is 1. The smallest absolute Gasteiger partial charge is 0.407 e. The van der Waals surface area contributed by atoms with Crippen LogP contribution in [0.3, 0.4) is 0 Å². The number of carbonyl (C=O) groups is 1. The van der Waals surface area contributed by atoms with Gasteiger partial charge in [0.1, 0.15) is 11.8 Å². The van der Waals surface area contributed by atoms with Gasteiger partial charge in [-0.25, -0.2) is 9.18 Å². The van der Waals surface area contributed by atoms with Crippen LogP contribution in [0.2, 0.25) is 5.02 Å². The molecule has 1 aromatic rings. The quantitative estimate of drug-likeness (QED) is 0.727. The van der Waals surface area contributed by atoms with Crippen molar-refractivity contribution in [3.63, 3.8) is 0 Å². The number of amides is 1. The van der Waals surface area contributed by atoms with E-state index in [0.717, 1.165) is 36.5 Å². The number of ether oxygens (including phenoxy) is 1. The summed E-state index contributed by atoms with van der Waals surface area (Å²) < 4.78 is 19.1. The topological polar surface area (TPSA) is 44.8 Å². The van der Waals surface area contributed by atoms with E-state index in [0.29, 0.717) is 38.0 Å². The average Bonchev–Trinajstić information content (AvgIpc) is 3.17. The molecule has 0 aliphatic carbocycles. The van der Waals surface area contributed by atoms with Gasteiger partial charge in [0.2, 0.25) is 0 Å². The molecule has 3 heterocycles. The summed E-state index contributed by atoms with van der Waals surface area (Å²) in [6.07, 6.45) is 3.25. The summed E-state index contributed by atoms with van der Waals surface area (Å²) in [5, 5.41) is 3.83. The number of hydrogen-bond acceptors (Lipinski definition) is 4. The number of benzene rings is 1. The van der Waals surface area contributed by atoms with E-state index in [1.54, 1.807) is 0 Å². The van der Waals surface area contributed by atoms with Crippen molar-refractivity contribution in [3.05, 3.63) is 28.8 Å². The van der Waals surface area contributed by atoms with Crippen LogP contribution in [0.1, 0.15) is 58.4 Å². The molecule has 3 fully saturated rings. The Hall–Kier alpha value is -1.53. The maximum Gasteiger partial charge on any atom is 0.407 e. The Kier molecular flexibility index (Phi) is 6.18. The van der Waals surface area contributed by atoms with Crippen molar-refractivity contribution >= 4 is 23.4 Å². The van der Waals surface area contributed by atoms with Gasteiger partial charge in [0, 0.05) is 37.8 Å². The van der Waals surface area contributed by atoms with Gasteiger partial charge >= 0.3 is 6.09 Å². The van der Waals surface area contributed by atoms with Gasteiger partial charge in [0.25, 0.3) is 0 Å². The minimum absolute atomic E-state index is 0.114. The molecule has 1 amide bonds. The summed E-state index contributed by atoms with van der Waals surface area (Å²) in [6.45, 7) is 7.85. The lowest BCUT2D eigenvalue weighted by molar-refractivity contribution is 0.0491. The molecule has 0 saturated carbocycles. The molecule has 30 heavy (non-hydrogen) atoms. The first-order valence-corrected chi connectivity index (χ1v) is 11.5. The highest BCUT2D eigenvalue weighted by atomic mass is 35.5. The molecule has 3 saturated heterocycles. The molecule has 0 aromatic heterocycles. The molecule has 3 aliphatic heterocycles. The van der Waals surface area contributed by atoms with E-state index in [-0.39, 0.29) is 12.1 Å². The summed E-state index contributed by atoms with van der Waals surface area (Å²) in [5.74, 6) is 0. The SMILES string of the molecule is CC(C)(C)OC(=O)N[C@H]1C[C@H]2CC[C@@H]1N2Cc1cccc(Cl)c1N1CCC(F)CC1. The second-order valence-corrected chi connectivity index (χ2v) is 10.3. The Morgan fingerprint density at radius 2 is 1.97 bits per heavy atom. The van der Waals surface area contributed by atoms with E-state index in [4.69, 9.17) is 16.3 Å². The number of halogens is 2. The average molecular weight is 438 g/mol. The van der Waals surface area contributed by atoms with E-state index in [1.165, 1.54) is 5.56 Å². The van der Waals surface area contributed by atoms with Gasteiger partial charge < -0.3 is 15.0 Å². The number of hydrogen-bond donors (Lipinski definition) is 1. The number of para-hydroxylation sites is 1. The van der Waals surface area contributed by atoms with E-state index in [1.807, 2.05) is 32.9 Å². The normalized spacial score (nSPS) is 27.5. The molecule has 7 heteroatoms. The molecule has 166 valence electrons. The largest absolute Gasteiger partial charge is 0.444 e. The number of nitrogens with one attached hydrogen (secondary N) is 1. The summed E-state index contributed by atoms with van der Waals surface area (Å²) in [5.41, 5.74) is 1.74. The highest BCUT2D eigenvalue weighted by molar-refractivity contribution is 6.33. The van der Waals surface area contributed by atoms with Crippen LogP contribution >= 0.6 is 11.6 Å². The minimum Gasteiger partial charge on any atom is -0.444 e. The zero-order chi connectivity index (χ0) is 21.5. The first-order valence-electron chi connectivity index (χ1n) is 11.1. The van der Waals surface area contributed by atoms with Crippen LogP contribution in [0.4, 0.5) is 14.9 Å². The summed E-state index contributed by atoms with van der Waals surface area (Å²) in [4.78, 5) is 17.0. The Balaban J connectivity index is 1.46. The van der Waals surface area contributed by atoms with Crippen LogP contribution < -0.4 is 10.2 Å². The number of fused-ring (bicyclic) bond motifs is 2. The van der Waals surface area contributed by atoms with Gasteiger partial charge in [-0.1, -0.05) is 23.7 Å². The second kappa shape index (κ2) is 8.54. The van der Waals surface area contributed by atoms with Crippen molar-refractivity contribution in [3.8, 4) is 0 Å². The number of carbonyl (C=O) groups excluding carboxylic acids is 1. The molecule has 4 rings (SSSR count).